The highest BCUT2D eigenvalue weighted by molar-refractivity contribution is 6.30. The minimum atomic E-state index is -0.249. The van der Waals surface area contributed by atoms with Crippen LogP contribution in [0.3, 0.4) is 0 Å². The molecule has 1 fully saturated rings. The Hall–Kier alpha value is -2.34. The van der Waals surface area contributed by atoms with Crippen molar-refractivity contribution in [2.75, 3.05) is 13.2 Å². The molecular weight excluding hydrogens is 330 g/mol. The highest BCUT2D eigenvalue weighted by atomic mass is 35.5. The molecule has 3 rings (SSSR count). The van der Waals surface area contributed by atoms with E-state index in [0.717, 1.165) is 18.5 Å². The Labute approximate surface area is 144 Å². The predicted octanol–water partition coefficient (Wildman–Crippen LogP) is 1.97. The lowest BCUT2D eigenvalue weighted by molar-refractivity contribution is -0.123. The van der Waals surface area contributed by atoms with Crippen LogP contribution in [-0.2, 0) is 11.3 Å². The second-order valence-electron chi connectivity index (χ2n) is 5.71. The smallest absolute Gasteiger partial charge is 0.258 e. The Morgan fingerprint density at radius 1 is 1.33 bits per heavy atom. The minimum Gasteiger partial charge on any atom is -0.484 e. The molecule has 1 aromatic heterocycles. The van der Waals surface area contributed by atoms with Gasteiger partial charge < -0.3 is 10.1 Å². The van der Waals surface area contributed by atoms with Crippen LogP contribution in [-0.4, -0.2) is 28.6 Å². The lowest BCUT2D eigenvalue weighted by atomic mass is 10.3. The number of ether oxygens (including phenoxy) is 1. The van der Waals surface area contributed by atoms with Crippen molar-refractivity contribution in [3.8, 4) is 5.75 Å². The fraction of sp³-hybridized carbons (Fsp3) is 0.353. The fourth-order valence-corrected chi connectivity index (χ4v) is 2.38. The van der Waals surface area contributed by atoms with Gasteiger partial charge in [0.1, 0.15) is 5.75 Å². The molecule has 0 spiro atoms. The number of hydrogen-bond acceptors (Lipinski definition) is 4. The van der Waals surface area contributed by atoms with Gasteiger partial charge in [-0.2, -0.15) is 0 Å². The maximum Gasteiger partial charge on any atom is 0.258 e. The molecule has 0 bridgehead atoms. The van der Waals surface area contributed by atoms with E-state index in [9.17, 15) is 9.59 Å². The molecule has 0 atom stereocenters. The van der Waals surface area contributed by atoms with E-state index in [-0.39, 0.29) is 18.1 Å². The van der Waals surface area contributed by atoms with Gasteiger partial charge in [-0.15, -0.1) is 0 Å². The lowest BCUT2D eigenvalue weighted by Crippen LogP contribution is -2.33. The van der Waals surface area contributed by atoms with E-state index in [1.165, 1.54) is 4.57 Å². The molecule has 0 unspecified atom stereocenters. The third-order valence-corrected chi connectivity index (χ3v) is 4.01. The van der Waals surface area contributed by atoms with E-state index in [1.807, 2.05) is 0 Å². The molecule has 1 aliphatic rings. The molecule has 7 heteroatoms. The number of carbonyl (C=O) groups is 1. The molecule has 0 aliphatic heterocycles. The van der Waals surface area contributed by atoms with Gasteiger partial charge in [0, 0.05) is 30.1 Å². The second-order valence-corrected chi connectivity index (χ2v) is 6.15. The van der Waals surface area contributed by atoms with E-state index in [4.69, 9.17) is 16.3 Å². The maximum atomic E-state index is 12.0. The van der Waals surface area contributed by atoms with Crippen molar-refractivity contribution in [2.45, 2.75) is 25.3 Å². The van der Waals surface area contributed by atoms with Gasteiger partial charge in [0.05, 0.1) is 12.0 Å². The standard InChI is InChI=1S/C17H18ClN3O3/c18-13-3-5-14(6-4-13)24-10-16(22)19-7-8-21-11-20-15(9-17(21)23)12-1-2-12/h3-6,9,11-12H,1-2,7-8,10H2,(H,19,22). The van der Waals surface area contributed by atoms with Crippen LogP contribution in [0.4, 0.5) is 0 Å². The maximum absolute atomic E-state index is 12.0. The molecule has 1 N–H and O–H groups in total. The topological polar surface area (TPSA) is 73.2 Å². The van der Waals surface area contributed by atoms with E-state index in [1.54, 1.807) is 36.7 Å². The summed E-state index contributed by atoms with van der Waals surface area (Å²) in [7, 11) is 0. The number of aromatic nitrogens is 2. The normalized spacial score (nSPS) is 13.5. The van der Waals surface area contributed by atoms with Crippen molar-refractivity contribution in [3.05, 3.63) is 57.7 Å². The number of carbonyl (C=O) groups excluding carboxylic acids is 1. The molecule has 2 aromatic rings. The van der Waals surface area contributed by atoms with Crippen molar-refractivity contribution in [1.29, 1.82) is 0 Å². The molecule has 1 saturated carbocycles. The van der Waals surface area contributed by atoms with Crippen LogP contribution in [0.5, 0.6) is 5.75 Å². The van der Waals surface area contributed by atoms with E-state index in [2.05, 4.69) is 10.3 Å². The molecule has 0 radical (unpaired) electrons. The summed E-state index contributed by atoms with van der Waals surface area (Å²) in [6.07, 6.45) is 3.77. The van der Waals surface area contributed by atoms with Crippen LogP contribution in [0, 0.1) is 0 Å². The SMILES string of the molecule is O=C(COc1ccc(Cl)cc1)NCCn1cnc(C2CC2)cc1=O. The third kappa shape index (κ3) is 4.58. The Bertz CT molecular complexity index is 769. The van der Waals surface area contributed by atoms with Crippen molar-refractivity contribution >= 4 is 17.5 Å². The first-order chi connectivity index (χ1) is 11.6. The van der Waals surface area contributed by atoms with Gasteiger partial charge in [0.15, 0.2) is 6.61 Å². The number of rotatable bonds is 7. The molecule has 24 heavy (non-hydrogen) atoms. The zero-order valence-electron chi connectivity index (χ0n) is 13.1. The predicted molar refractivity (Wildman–Crippen MR) is 90.4 cm³/mol. The van der Waals surface area contributed by atoms with Crippen molar-refractivity contribution < 1.29 is 9.53 Å². The number of halogens is 1. The summed E-state index contributed by atoms with van der Waals surface area (Å²) in [4.78, 5) is 28.0. The average molecular weight is 348 g/mol. The van der Waals surface area contributed by atoms with Crippen molar-refractivity contribution in [1.82, 2.24) is 14.9 Å². The lowest BCUT2D eigenvalue weighted by Gasteiger charge is -2.09. The van der Waals surface area contributed by atoms with Gasteiger partial charge >= 0.3 is 0 Å². The third-order valence-electron chi connectivity index (χ3n) is 3.75. The molecule has 126 valence electrons. The second kappa shape index (κ2) is 7.49. The number of hydrogen-bond donors (Lipinski definition) is 1. The first-order valence-corrected chi connectivity index (χ1v) is 8.21. The van der Waals surface area contributed by atoms with E-state index in [0.29, 0.717) is 29.8 Å². The molecule has 1 heterocycles. The summed E-state index contributed by atoms with van der Waals surface area (Å²) >= 11 is 5.78. The van der Waals surface area contributed by atoms with Gasteiger partial charge in [-0.25, -0.2) is 4.98 Å². The van der Waals surface area contributed by atoms with Gasteiger partial charge in [-0.3, -0.25) is 14.2 Å². The largest absolute Gasteiger partial charge is 0.484 e. The average Bonchev–Trinajstić information content (AvgIpc) is 3.41. The Kier molecular flexibility index (Phi) is 5.15. The zero-order chi connectivity index (χ0) is 16.9. The number of nitrogens with zero attached hydrogens (tertiary/aromatic N) is 2. The van der Waals surface area contributed by atoms with Crippen LogP contribution in [0.25, 0.3) is 0 Å². The van der Waals surface area contributed by atoms with Crippen LogP contribution >= 0.6 is 11.6 Å². The highest BCUT2D eigenvalue weighted by Gasteiger charge is 2.25. The summed E-state index contributed by atoms with van der Waals surface area (Å²) in [5.74, 6) is 0.781. The molecule has 1 aliphatic carbocycles. The summed E-state index contributed by atoms with van der Waals surface area (Å²) in [6.45, 7) is 0.631. The first-order valence-electron chi connectivity index (χ1n) is 7.83. The zero-order valence-corrected chi connectivity index (χ0v) is 13.8. The highest BCUT2D eigenvalue weighted by Crippen LogP contribution is 2.38. The van der Waals surface area contributed by atoms with Gasteiger partial charge in [0.25, 0.3) is 11.5 Å². The minimum absolute atomic E-state index is 0.0847. The van der Waals surface area contributed by atoms with E-state index < -0.39 is 0 Å². The van der Waals surface area contributed by atoms with Crippen LogP contribution in [0.15, 0.2) is 41.5 Å². The van der Waals surface area contributed by atoms with Gasteiger partial charge in [0.2, 0.25) is 0 Å². The first kappa shape index (κ1) is 16.5. The Morgan fingerprint density at radius 3 is 2.75 bits per heavy atom. The number of benzene rings is 1. The molecule has 0 saturated heterocycles. The summed E-state index contributed by atoms with van der Waals surface area (Å²) in [5, 5.41) is 3.32. The molecule has 6 nitrogen and oxygen atoms in total. The Morgan fingerprint density at radius 2 is 2.08 bits per heavy atom. The Balaban J connectivity index is 1.41. The molecule has 1 amide bonds. The summed E-state index contributed by atoms with van der Waals surface area (Å²) < 4.78 is 6.84. The summed E-state index contributed by atoms with van der Waals surface area (Å²) in [6, 6.07) is 8.37. The quantitative estimate of drug-likeness (QED) is 0.831. The van der Waals surface area contributed by atoms with Crippen molar-refractivity contribution in [2.24, 2.45) is 0 Å². The fourth-order valence-electron chi connectivity index (χ4n) is 2.26. The molecule has 1 aromatic carbocycles. The molecular formula is C17H18ClN3O3. The number of nitrogens with one attached hydrogen (secondary N) is 1. The van der Waals surface area contributed by atoms with Crippen LogP contribution in [0.1, 0.15) is 24.5 Å². The number of amides is 1. The summed E-state index contributed by atoms with van der Waals surface area (Å²) in [5.41, 5.74) is 0.787. The van der Waals surface area contributed by atoms with Crippen molar-refractivity contribution in [3.63, 3.8) is 0 Å². The van der Waals surface area contributed by atoms with Crippen LogP contribution in [0.2, 0.25) is 5.02 Å². The van der Waals surface area contributed by atoms with Gasteiger partial charge in [-0.1, -0.05) is 11.6 Å². The van der Waals surface area contributed by atoms with Gasteiger partial charge in [-0.05, 0) is 37.1 Å². The van der Waals surface area contributed by atoms with E-state index >= 15 is 0 Å². The monoisotopic (exact) mass is 347 g/mol. The van der Waals surface area contributed by atoms with Crippen LogP contribution < -0.4 is 15.6 Å².